The van der Waals surface area contributed by atoms with Crippen LogP contribution in [0.3, 0.4) is 0 Å². The zero-order valence-corrected chi connectivity index (χ0v) is 14.5. The molecule has 0 saturated heterocycles. The van der Waals surface area contributed by atoms with Crippen LogP contribution in [0, 0.1) is 0 Å². The van der Waals surface area contributed by atoms with E-state index in [2.05, 4.69) is 4.72 Å². The zero-order chi connectivity index (χ0) is 16.4. The van der Waals surface area contributed by atoms with Crippen LogP contribution in [0.5, 0.6) is 0 Å². The van der Waals surface area contributed by atoms with E-state index in [1.807, 2.05) is 6.92 Å². The molecule has 0 fully saturated rings. The van der Waals surface area contributed by atoms with Crippen LogP contribution < -0.4 is 9.03 Å². The van der Waals surface area contributed by atoms with Gasteiger partial charge in [-0.25, -0.2) is 16.8 Å². The minimum absolute atomic E-state index is 0.00108. The molecule has 124 valence electrons. The maximum Gasteiger partial charge on any atom is 0.235 e. The van der Waals surface area contributed by atoms with Gasteiger partial charge in [-0.3, -0.25) is 9.03 Å². The first kappa shape index (κ1) is 17.1. The van der Waals surface area contributed by atoms with Gasteiger partial charge in [0.05, 0.1) is 17.2 Å². The fourth-order valence-corrected chi connectivity index (χ4v) is 4.79. The molecular formula is C14H22N2O4S2. The van der Waals surface area contributed by atoms with Crippen molar-refractivity contribution < 1.29 is 16.8 Å². The van der Waals surface area contributed by atoms with Gasteiger partial charge in [0.25, 0.3) is 0 Å². The van der Waals surface area contributed by atoms with Crippen molar-refractivity contribution in [3.8, 4) is 0 Å². The number of nitrogens with one attached hydrogen (secondary N) is 1. The Balaban J connectivity index is 2.35. The summed E-state index contributed by atoms with van der Waals surface area (Å²) in [6, 6.07) is 5.04. The van der Waals surface area contributed by atoms with Crippen LogP contribution in [0.25, 0.3) is 0 Å². The molecule has 6 nitrogen and oxygen atoms in total. The normalized spacial score (nSPS) is 15.5. The van der Waals surface area contributed by atoms with E-state index in [0.29, 0.717) is 24.3 Å². The second kappa shape index (κ2) is 6.45. The lowest BCUT2D eigenvalue weighted by molar-refractivity contribution is 0.585. The van der Waals surface area contributed by atoms with Gasteiger partial charge in [-0.05, 0) is 49.9 Å². The van der Waals surface area contributed by atoms with Crippen LogP contribution in [-0.2, 0) is 26.5 Å². The van der Waals surface area contributed by atoms with Crippen molar-refractivity contribution in [3.63, 3.8) is 0 Å². The van der Waals surface area contributed by atoms with E-state index in [-0.39, 0.29) is 11.5 Å². The van der Waals surface area contributed by atoms with Crippen LogP contribution in [0.15, 0.2) is 18.2 Å². The Morgan fingerprint density at radius 1 is 1.18 bits per heavy atom. The highest BCUT2D eigenvalue weighted by atomic mass is 32.2. The first-order valence-electron chi connectivity index (χ1n) is 7.43. The van der Waals surface area contributed by atoms with Crippen molar-refractivity contribution in [2.45, 2.75) is 33.1 Å². The number of benzene rings is 1. The van der Waals surface area contributed by atoms with Crippen molar-refractivity contribution in [1.82, 2.24) is 0 Å². The number of anilines is 2. The predicted molar refractivity (Wildman–Crippen MR) is 89.3 cm³/mol. The molecule has 0 aromatic heterocycles. The number of nitrogens with zero attached hydrogens (tertiary/aromatic N) is 1. The second-order valence-corrected chi connectivity index (χ2v) is 9.36. The van der Waals surface area contributed by atoms with Crippen molar-refractivity contribution >= 4 is 31.4 Å². The average molecular weight is 346 g/mol. The van der Waals surface area contributed by atoms with E-state index in [0.717, 1.165) is 18.4 Å². The molecular weight excluding hydrogens is 324 g/mol. The van der Waals surface area contributed by atoms with Gasteiger partial charge >= 0.3 is 0 Å². The SMILES string of the molecule is CCCS(=O)(=O)N1CCCc2cc(NS(=O)(=O)CC)ccc21. The standard InChI is InChI=1S/C14H22N2O4S2/c1-3-10-22(19,20)16-9-5-6-12-11-13(7-8-14(12)16)15-21(17,18)4-2/h7-8,11,15H,3-6,9-10H2,1-2H3. The molecule has 1 heterocycles. The molecule has 0 saturated carbocycles. The van der Waals surface area contributed by atoms with Crippen LogP contribution in [0.1, 0.15) is 32.3 Å². The largest absolute Gasteiger partial charge is 0.284 e. The lowest BCUT2D eigenvalue weighted by Gasteiger charge is -2.30. The minimum Gasteiger partial charge on any atom is -0.284 e. The Kier molecular flexibility index (Phi) is 5.01. The predicted octanol–water partition coefficient (Wildman–Crippen LogP) is 1.94. The van der Waals surface area contributed by atoms with Crippen molar-refractivity contribution in [2.75, 3.05) is 27.1 Å². The third-order valence-corrected chi connectivity index (χ3v) is 6.89. The quantitative estimate of drug-likeness (QED) is 0.853. The van der Waals surface area contributed by atoms with Gasteiger partial charge in [-0.2, -0.15) is 0 Å². The molecule has 1 aliphatic rings. The Hall–Kier alpha value is -1.28. The molecule has 0 spiro atoms. The smallest absolute Gasteiger partial charge is 0.235 e. The molecule has 1 aromatic rings. The molecule has 0 unspecified atom stereocenters. The summed E-state index contributed by atoms with van der Waals surface area (Å²) in [5.41, 5.74) is 2.01. The molecule has 0 radical (unpaired) electrons. The molecule has 8 heteroatoms. The summed E-state index contributed by atoms with van der Waals surface area (Å²) >= 11 is 0. The number of hydrogen-bond donors (Lipinski definition) is 1. The molecule has 1 aromatic carbocycles. The van der Waals surface area contributed by atoms with Crippen LogP contribution >= 0.6 is 0 Å². The topological polar surface area (TPSA) is 83.6 Å². The van der Waals surface area contributed by atoms with Crippen LogP contribution in [0.2, 0.25) is 0 Å². The number of rotatable bonds is 6. The molecule has 0 bridgehead atoms. The fraction of sp³-hybridized carbons (Fsp3) is 0.571. The van der Waals surface area contributed by atoms with Crippen molar-refractivity contribution in [3.05, 3.63) is 23.8 Å². The highest BCUT2D eigenvalue weighted by Crippen LogP contribution is 2.32. The van der Waals surface area contributed by atoms with E-state index in [4.69, 9.17) is 0 Å². The summed E-state index contributed by atoms with van der Waals surface area (Å²) in [5, 5.41) is 0. The monoisotopic (exact) mass is 346 g/mol. The molecule has 1 N–H and O–H groups in total. The zero-order valence-electron chi connectivity index (χ0n) is 12.9. The summed E-state index contributed by atoms with van der Waals surface area (Å²) in [5.74, 6) is 0.123. The van der Waals surface area contributed by atoms with Gasteiger partial charge in [0.1, 0.15) is 0 Å². The second-order valence-electron chi connectivity index (χ2n) is 5.34. The maximum absolute atomic E-state index is 12.3. The Morgan fingerprint density at radius 3 is 2.55 bits per heavy atom. The van der Waals surface area contributed by atoms with Gasteiger partial charge in [-0.1, -0.05) is 6.92 Å². The number of fused-ring (bicyclic) bond motifs is 1. The van der Waals surface area contributed by atoms with E-state index >= 15 is 0 Å². The number of hydrogen-bond acceptors (Lipinski definition) is 4. The van der Waals surface area contributed by atoms with Crippen molar-refractivity contribution in [1.29, 1.82) is 0 Å². The fourth-order valence-electron chi connectivity index (χ4n) is 2.53. The van der Waals surface area contributed by atoms with Gasteiger partial charge in [0, 0.05) is 12.2 Å². The molecule has 2 rings (SSSR count). The van der Waals surface area contributed by atoms with Gasteiger partial charge in [0.2, 0.25) is 20.0 Å². The van der Waals surface area contributed by atoms with E-state index in [1.54, 1.807) is 25.1 Å². The highest BCUT2D eigenvalue weighted by molar-refractivity contribution is 7.93. The summed E-state index contributed by atoms with van der Waals surface area (Å²) in [4.78, 5) is 0. The first-order chi connectivity index (χ1) is 10.3. The van der Waals surface area contributed by atoms with Crippen LogP contribution in [0.4, 0.5) is 11.4 Å². The molecule has 1 aliphatic heterocycles. The lowest BCUT2D eigenvalue weighted by Crippen LogP contribution is -2.37. The number of sulfonamides is 2. The molecule has 0 aliphatic carbocycles. The molecule has 0 amide bonds. The third kappa shape index (κ3) is 3.73. The minimum atomic E-state index is -3.33. The van der Waals surface area contributed by atoms with E-state index in [9.17, 15) is 16.8 Å². The lowest BCUT2D eigenvalue weighted by atomic mass is 10.0. The molecule has 22 heavy (non-hydrogen) atoms. The van der Waals surface area contributed by atoms with Gasteiger partial charge in [0.15, 0.2) is 0 Å². The van der Waals surface area contributed by atoms with E-state index in [1.165, 1.54) is 4.31 Å². The van der Waals surface area contributed by atoms with Gasteiger partial charge in [-0.15, -0.1) is 0 Å². The average Bonchev–Trinajstić information content (AvgIpc) is 2.46. The summed E-state index contributed by atoms with van der Waals surface area (Å²) in [6.07, 6.45) is 2.05. The Morgan fingerprint density at radius 2 is 1.91 bits per heavy atom. The number of aryl methyl sites for hydroxylation is 1. The Labute approximate surface area is 132 Å². The highest BCUT2D eigenvalue weighted by Gasteiger charge is 2.27. The van der Waals surface area contributed by atoms with Gasteiger partial charge < -0.3 is 0 Å². The van der Waals surface area contributed by atoms with Crippen LogP contribution in [-0.4, -0.2) is 34.9 Å². The first-order valence-corrected chi connectivity index (χ1v) is 10.7. The third-order valence-electron chi connectivity index (χ3n) is 3.61. The summed E-state index contributed by atoms with van der Waals surface area (Å²) < 4.78 is 51.9. The summed E-state index contributed by atoms with van der Waals surface area (Å²) in [7, 11) is -6.64. The summed E-state index contributed by atoms with van der Waals surface area (Å²) in [6.45, 7) is 3.89. The Bertz CT molecular complexity index is 742. The molecule has 0 atom stereocenters. The van der Waals surface area contributed by atoms with Crippen molar-refractivity contribution in [2.24, 2.45) is 0 Å². The maximum atomic E-state index is 12.3. The van der Waals surface area contributed by atoms with E-state index < -0.39 is 20.0 Å².